The van der Waals surface area contributed by atoms with Gasteiger partial charge in [-0.2, -0.15) is 0 Å². The molecule has 2 unspecified atom stereocenters. The third-order valence-electron chi connectivity index (χ3n) is 2.92. The highest BCUT2D eigenvalue weighted by Gasteiger charge is 2.22. The van der Waals surface area contributed by atoms with Crippen LogP contribution in [-0.2, 0) is 0 Å². The standard InChI is InChI=1S/C14H14F2N2/c15-11-7-3-1-5-9(11)13(17)14(18)10-6-2-4-8-12(10)16/h1-8,13-14H,17-18H2. The van der Waals surface area contributed by atoms with Crippen LogP contribution in [0.1, 0.15) is 23.2 Å². The molecule has 18 heavy (non-hydrogen) atoms. The zero-order valence-corrected chi connectivity index (χ0v) is 9.68. The lowest BCUT2D eigenvalue weighted by Gasteiger charge is -2.21. The normalized spacial score (nSPS) is 14.2. The number of rotatable bonds is 3. The molecule has 0 bridgehead atoms. The van der Waals surface area contributed by atoms with Crippen molar-refractivity contribution in [2.45, 2.75) is 12.1 Å². The van der Waals surface area contributed by atoms with E-state index in [0.717, 1.165) is 0 Å². The third kappa shape index (κ3) is 2.39. The Morgan fingerprint density at radius 2 is 1.00 bits per heavy atom. The van der Waals surface area contributed by atoms with E-state index >= 15 is 0 Å². The predicted molar refractivity (Wildman–Crippen MR) is 66.7 cm³/mol. The molecular weight excluding hydrogens is 234 g/mol. The molecule has 0 aliphatic rings. The summed E-state index contributed by atoms with van der Waals surface area (Å²) >= 11 is 0. The highest BCUT2D eigenvalue weighted by Crippen LogP contribution is 2.27. The molecule has 0 amide bonds. The van der Waals surface area contributed by atoms with Crippen LogP contribution in [0.4, 0.5) is 8.78 Å². The maximum Gasteiger partial charge on any atom is 0.128 e. The highest BCUT2D eigenvalue weighted by molar-refractivity contribution is 5.28. The van der Waals surface area contributed by atoms with Gasteiger partial charge in [0.15, 0.2) is 0 Å². The lowest BCUT2D eigenvalue weighted by molar-refractivity contribution is 0.502. The fourth-order valence-electron chi connectivity index (χ4n) is 1.88. The van der Waals surface area contributed by atoms with Crippen molar-refractivity contribution in [3.63, 3.8) is 0 Å². The van der Waals surface area contributed by atoms with Gasteiger partial charge in [0.05, 0.1) is 12.1 Å². The molecular formula is C14H14F2N2. The molecule has 94 valence electrons. The van der Waals surface area contributed by atoms with E-state index in [1.54, 1.807) is 36.4 Å². The second-order valence-electron chi connectivity index (χ2n) is 4.09. The second-order valence-corrected chi connectivity index (χ2v) is 4.09. The van der Waals surface area contributed by atoms with E-state index < -0.39 is 23.7 Å². The van der Waals surface area contributed by atoms with Gasteiger partial charge in [0.2, 0.25) is 0 Å². The highest BCUT2D eigenvalue weighted by atomic mass is 19.1. The monoisotopic (exact) mass is 248 g/mol. The Labute approximate surface area is 104 Å². The summed E-state index contributed by atoms with van der Waals surface area (Å²) in [6.45, 7) is 0. The van der Waals surface area contributed by atoms with E-state index in [1.807, 2.05) is 0 Å². The van der Waals surface area contributed by atoms with Gasteiger partial charge in [-0.05, 0) is 12.1 Å². The van der Waals surface area contributed by atoms with Crippen LogP contribution in [0.15, 0.2) is 48.5 Å². The van der Waals surface area contributed by atoms with Crippen LogP contribution < -0.4 is 11.5 Å². The van der Waals surface area contributed by atoms with Crippen LogP contribution >= 0.6 is 0 Å². The maximum atomic E-state index is 13.6. The molecule has 4 N–H and O–H groups in total. The average molecular weight is 248 g/mol. The Morgan fingerprint density at radius 1 is 0.667 bits per heavy atom. The molecule has 2 atom stereocenters. The molecule has 0 saturated carbocycles. The first-order valence-electron chi connectivity index (χ1n) is 5.61. The molecule has 2 nitrogen and oxygen atoms in total. The number of nitrogens with two attached hydrogens (primary N) is 2. The van der Waals surface area contributed by atoms with Gasteiger partial charge in [-0.1, -0.05) is 36.4 Å². The van der Waals surface area contributed by atoms with Crippen molar-refractivity contribution in [3.05, 3.63) is 71.3 Å². The van der Waals surface area contributed by atoms with Crippen molar-refractivity contribution in [2.24, 2.45) is 11.5 Å². The molecule has 0 spiro atoms. The fourth-order valence-corrected chi connectivity index (χ4v) is 1.88. The molecule has 0 aliphatic heterocycles. The SMILES string of the molecule is NC(c1ccccc1F)C(N)c1ccccc1F. The number of halogens is 2. The van der Waals surface area contributed by atoms with Crippen LogP contribution in [-0.4, -0.2) is 0 Å². The lowest BCUT2D eigenvalue weighted by Crippen LogP contribution is -2.28. The van der Waals surface area contributed by atoms with E-state index in [9.17, 15) is 8.78 Å². The van der Waals surface area contributed by atoms with Gasteiger partial charge in [-0.25, -0.2) is 8.78 Å². The molecule has 0 fully saturated rings. The summed E-state index contributed by atoms with van der Waals surface area (Å²) in [5, 5.41) is 0. The van der Waals surface area contributed by atoms with Gasteiger partial charge in [0, 0.05) is 11.1 Å². The van der Waals surface area contributed by atoms with Gasteiger partial charge >= 0.3 is 0 Å². The van der Waals surface area contributed by atoms with Crippen molar-refractivity contribution >= 4 is 0 Å². The quantitative estimate of drug-likeness (QED) is 0.877. The summed E-state index contributed by atoms with van der Waals surface area (Å²) in [5.41, 5.74) is 12.4. The molecule has 0 saturated heterocycles. The van der Waals surface area contributed by atoms with Crippen LogP contribution in [0.25, 0.3) is 0 Å². The Hall–Kier alpha value is -1.78. The van der Waals surface area contributed by atoms with Gasteiger partial charge in [-0.3, -0.25) is 0 Å². The topological polar surface area (TPSA) is 52.0 Å². The Morgan fingerprint density at radius 3 is 1.33 bits per heavy atom. The lowest BCUT2D eigenvalue weighted by atomic mass is 9.94. The summed E-state index contributed by atoms with van der Waals surface area (Å²) in [6.07, 6.45) is 0. The molecule has 2 rings (SSSR count). The smallest absolute Gasteiger partial charge is 0.128 e. The van der Waals surface area contributed by atoms with Gasteiger partial charge in [-0.15, -0.1) is 0 Å². The Kier molecular flexibility index (Phi) is 3.69. The molecule has 0 aliphatic carbocycles. The minimum Gasteiger partial charge on any atom is -0.322 e. The molecule has 2 aromatic carbocycles. The Bertz CT molecular complexity index is 493. The predicted octanol–water partition coefficient (Wildman–Crippen LogP) is 2.66. The van der Waals surface area contributed by atoms with Gasteiger partial charge in [0.1, 0.15) is 11.6 Å². The van der Waals surface area contributed by atoms with Crippen molar-refractivity contribution < 1.29 is 8.78 Å². The minimum absolute atomic E-state index is 0.285. The second kappa shape index (κ2) is 5.25. The molecule has 0 heterocycles. The summed E-state index contributed by atoms with van der Waals surface area (Å²) < 4.78 is 27.2. The molecule has 0 aromatic heterocycles. The van der Waals surface area contributed by atoms with Crippen molar-refractivity contribution in [1.82, 2.24) is 0 Å². The summed E-state index contributed by atoms with van der Waals surface area (Å²) in [7, 11) is 0. The zero-order chi connectivity index (χ0) is 13.1. The van der Waals surface area contributed by atoms with Crippen molar-refractivity contribution in [2.75, 3.05) is 0 Å². The van der Waals surface area contributed by atoms with Crippen LogP contribution in [0.3, 0.4) is 0 Å². The molecule has 2 aromatic rings. The first-order chi connectivity index (χ1) is 8.61. The molecule has 4 heteroatoms. The van der Waals surface area contributed by atoms with Gasteiger partial charge in [0.25, 0.3) is 0 Å². The number of hydrogen-bond donors (Lipinski definition) is 2. The van der Waals surface area contributed by atoms with E-state index in [4.69, 9.17) is 11.5 Å². The van der Waals surface area contributed by atoms with E-state index in [1.165, 1.54) is 12.1 Å². The fraction of sp³-hybridized carbons (Fsp3) is 0.143. The zero-order valence-electron chi connectivity index (χ0n) is 9.68. The first kappa shape index (κ1) is 12.7. The number of benzene rings is 2. The van der Waals surface area contributed by atoms with Crippen LogP contribution in [0, 0.1) is 11.6 Å². The van der Waals surface area contributed by atoms with Crippen molar-refractivity contribution in [1.29, 1.82) is 0 Å². The minimum atomic E-state index is -0.789. The number of hydrogen-bond acceptors (Lipinski definition) is 2. The van der Waals surface area contributed by atoms with Crippen LogP contribution in [0.2, 0.25) is 0 Å². The van der Waals surface area contributed by atoms with E-state index in [0.29, 0.717) is 0 Å². The van der Waals surface area contributed by atoms with E-state index in [2.05, 4.69) is 0 Å². The average Bonchev–Trinajstić information content (AvgIpc) is 2.38. The van der Waals surface area contributed by atoms with E-state index in [-0.39, 0.29) is 11.1 Å². The molecule has 0 radical (unpaired) electrons. The summed E-state index contributed by atoms with van der Waals surface area (Å²) in [5.74, 6) is -0.867. The van der Waals surface area contributed by atoms with Crippen molar-refractivity contribution in [3.8, 4) is 0 Å². The van der Waals surface area contributed by atoms with Crippen LogP contribution in [0.5, 0.6) is 0 Å². The maximum absolute atomic E-state index is 13.6. The summed E-state index contributed by atoms with van der Waals surface area (Å²) in [6, 6.07) is 10.6. The largest absolute Gasteiger partial charge is 0.322 e. The Balaban J connectivity index is 2.33. The first-order valence-corrected chi connectivity index (χ1v) is 5.61. The summed E-state index contributed by atoms with van der Waals surface area (Å²) in [4.78, 5) is 0. The van der Waals surface area contributed by atoms with Gasteiger partial charge < -0.3 is 11.5 Å². The third-order valence-corrected chi connectivity index (χ3v) is 2.92.